The minimum atomic E-state index is -0.0347. The fourth-order valence-corrected chi connectivity index (χ4v) is 3.90. The van der Waals surface area contributed by atoms with Crippen LogP contribution in [0.25, 0.3) is 0 Å². The zero-order valence-electron chi connectivity index (χ0n) is 14.9. The Balaban J connectivity index is 1.68. The second-order valence-electron chi connectivity index (χ2n) is 6.71. The minimum Gasteiger partial charge on any atom is -0.381 e. The van der Waals surface area contributed by atoms with Gasteiger partial charge in [0.1, 0.15) is 5.82 Å². The van der Waals surface area contributed by atoms with Crippen molar-refractivity contribution in [3.05, 3.63) is 22.8 Å². The van der Waals surface area contributed by atoms with Gasteiger partial charge in [-0.15, -0.1) is 0 Å². The number of nitrogens with zero attached hydrogens (tertiary/aromatic N) is 3. The van der Waals surface area contributed by atoms with E-state index in [0.29, 0.717) is 49.0 Å². The van der Waals surface area contributed by atoms with Crippen molar-refractivity contribution in [1.29, 1.82) is 0 Å². The Morgan fingerprint density at radius 3 is 2.60 bits per heavy atom. The lowest BCUT2D eigenvalue weighted by molar-refractivity contribution is 0.0302. The molecule has 0 bridgehead atoms. The van der Waals surface area contributed by atoms with Crippen molar-refractivity contribution in [2.75, 3.05) is 45.4 Å². The van der Waals surface area contributed by atoms with Crippen molar-refractivity contribution in [2.45, 2.75) is 37.8 Å². The summed E-state index contributed by atoms with van der Waals surface area (Å²) in [5.41, 5.74) is 0.534. The van der Waals surface area contributed by atoms with Gasteiger partial charge < -0.3 is 19.3 Å². The van der Waals surface area contributed by atoms with E-state index >= 15 is 0 Å². The third-order valence-corrected chi connectivity index (χ3v) is 5.50. The molecule has 0 radical (unpaired) electrons. The zero-order valence-corrected chi connectivity index (χ0v) is 15.7. The Kier molecular flexibility index (Phi) is 6.15. The molecule has 138 valence electrons. The predicted molar refractivity (Wildman–Crippen MR) is 97.4 cm³/mol. The van der Waals surface area contributed by atoms with Crippen LogP contribution in [0, 0.1) is 0 Å². The maximum atomic E-state index is 12.5. The summed E-state index contributed by atoms with van der Waals surface area (Å²) in [5, 5.41) is 0.524. The van der Waals surface area contributed by atoms with Gasteiger partial charge in [-0.25, -0.2) is 4.98 Å². The second kappa shape index (κ2) is 8.34. The predicted octanol–water partition coefficient (Wildman–Crippen LogP) is 2.60. The number of carbonyl (C=O) groups excluding carboxylic acids is 1. The standard InChI is InChI=1S/C18H26ClN3O3/c1-21(14-3-5-15(24-2)6-4-14)17-16(19)11-13(12-20-17)18(23)22-7-9-25-10-8-22/h11-12,14-15H,3-10H2,1-2H3. The van der Waals surface area contributed by atoms with E-state index in [0.717, 1.165) is 31.5 Å². The van der Waals surface area contributed by atoms with Crippen molar-refractivity contribution in [1.82, 2.24) is 9.88 Å². The van der Waals surface area contributed by atoms with E-state index in [1.807, 2.05) is 7.05 Å². The van der Waals surface area contributed by atoms with Crippen molar-refractivity contribution >= 4 is 23.3 Å². The summed E-state index contributed by atoms with van der Waals surface area (Å²) < 4.78 is 10.7. The molecular weight excluding hydrogens is 342 g/mol. The number of amides is 1. The monoisotopic (exact) mass is 367 g/mol. The molecule has 25 heavy (non-hydrogen) atoms. The van der Waals surface area contributed by atoms with Crippen LogP contribution < -0.4 is 4.90 Å². The molecule has 3 rings (SSSR count). The first kappa shape index (κ1) is 18.4. The summed E-state index contributed by atoms with van der Waals surface area (Å²) in [7, 11) is 3.80. The molecule has 0 atom stereocenters. The Labute approximate surface area is 154 Å². The number of ether oxygens (including phenoxy) is 2. The summed E-state index contributed by atoms with van der Waals surface area (Å²) in [5.74, 6) is 0.702. The average Bonchev–Trinajstić information content (AvgIpc) is 2.67. The number of carbonyl (C=O) groups is 1. The van der Waals surface area contributed by atoms with Gasteiger partial charge in [0, 0.05) is 39.5 Å². The largest absolute Gasteiger partial charge is 0.381 e. The van der Waals surface area contributed by atoms with Crippen molar-refractivity contribution in [3.8, 4) is 0 Å². The average molecular weight is 368 g/mol. The SMILES string of the molecule is COC1CCC(N(C)c2ncc(C(=O)N3CCOCC3)cc2Cl)CC1. The molecule has 1 aromatic rings. The molecule has 0 unspecified atom stereocenters. The van der Waals surface area contributed by atoms with Crippen molar-refractivity contribution < 1.29 is 14.3 Å². The van der Waals surface area contributed by atoms with Gasteiger partial charge in [0.15, 0.2) is 0 Å². The highest BCUT2D eigenvalue weighted by Gasteiger charge is 2.26. The normalized spacial score (nSPS) is 24.2. The third kappa shape index (κ3) is 4.25. The molecule has 0 spiro atoms. The van der Waals surface area contributed by atoms with E-state index < -0.39 is 0 Å². The Hall–Kier alpha value is -1.37. The van der Waals surface area contributed by atoms with Crippen LogP contribution in [-0.2, 0) is 9.47 Å². The molecule has 2 heterocycles. The summed E-state index contributed by atoms with van der Waals surface area (Å²) in [6, 6.07) is 2.14. The molecule has 1 aromatic heterocycles. The Morgan fingerprint density at radius 1 is 1.32 bits per heavy atom. The lowest BCUT2D eigenvalue weighted by Crippen LogP contribution is -2.41. The first-order valence-electron chi connectivity index (χ1n) is 8.88. The lowest BCUT2D eigenvalue weighted by Gasteiger charge is -2.35. The third-order valence-electron chi connectivity index (χ3n) is 5.23. The van der Waals surface area contributed by atoms with Gasteiger partial charge in [-0.2, -0.15) is 0 Å². The van der Waals surface area contributed by atoms with Crippen LogP contribution in [0.15, 0.2) is 12.3 Å². The highest BCUT2D eigenvalue weighted by molar-refractivity contribution is 6.33. The van der Waals surface area contributed by atoms with E-state index in [-0.39, 0.29) is 5.91 Å². The molecule has 0 N–H and O–H groups in total. The lowest BCUT2D eigenvalue weighted by atomic mass is 9.92. The first-order valence-corrected chi connectivity index (χ1v) is 9.26. The van der Waals surface area contributed by atoms with E-state index in [9.17, 15) is 4.79 Å². The van der Waals surface area contributed by atoms with Crippen molar-refractivity contribution in [2.24, 2.45) is 0 Å². The summed E-state index contributed by atoms with van der Waals surface area (Å²) >= 11 is 6.46. The van der Waals surface area contributed by atoms with E-state index in [2.05, 4.69) is 9.88 Å². The maximum Gasteiger partial charge on any atom is 0.255 e. The van der Waals surface area contributed by atoms with Crippen LogP contribution in [0.4, 0.5) is 5.82 Å². The van der Waals surface area contributed by atoms with Crippen LogP contribution in [0.5, 0.6) is 0 Å². The van der Waals surface area contributed by atoms with Crippen LogP contribution in [0.2, 0.25) is 5.02 Å². The topological polar surface area (TPSA) is 54.9 Å². The number of rotatable bonds is 4. The summed E-state index contributed by atoms with van der Waals surface area (Å²) in [6.07, 6.45) is 6.22. The van der Waals surface area contributed by atoms with Gasteiger partial charge in [-0.3, -0.25) is 4.79 Å². The summed E-state index contributed by atoms with van der Waals surface area (Å²) in [6.45, 7) is 2.39. The van der Waals surface area contributed by atoms with Crippen LogP contribution in [0.3, 0.4) is 0 Å². The molecule has 7 heteroatoms. The highest BCUT2D eigenvalue weighted by atomic mass is 35.5. The van der Waals surface area contributed by atoms with Gasteiger partial charge in [0.25, 0.3) is 5.91 Å². The first-order chi connectivity index (χ1) is 12.1. The smallest absolute Gasteiger partial charge is 0.255 e. The number of methoxy groups -OCH3 is 1. The van der Waals surface area contributed by atoms with E-state index in [1.54, 1.807) is 24.3 Å². The van der Waals surface area contributed by atoms with Crippen LogP contribution in [0.1, 0.15) is 36.0 Å². The summed E-state index contributed by atoms with van der Waals surface area (Å²) in [4.78, 5) is 21.0. The molecule has 0 aromatic carbocycles. The molecule has 1 saturated carbocycles. The number of hydrogen-bond acceptors (Lipinski definition) is 5. The molecular formula is C18H26ClN3O3. The fourth-order valence-electron chi connectivity index (χ4n) is 3.60. The minimum absolute atomic E-state index is 0.0347. The number of hydrogen-bond donors (Lipinski definition) is 0. The number of anilines is 1. The number of pyridine rings is 1. The maximum absolute atomic E-state index is 12.5. The van der Waals surface area contributed by atoms with E-state index in [1.165, 1.54) is 0 Å². The molecule has 6 nitrogen and oxygen atoms in total. The van der Waals surface area contributed by atoms with Gasteiger partial charge in [-0.05, 0) is 31.7 Å². The van der Waals surface area contributed by atoms with Crippen molar-refractivity contribution in [3.63, 3.8) is 0 Å². The second-order valence-corrected chi connectivity index (χ2v) is 7.12. The van der Waals surface area contributed by atoms with Gasteiger partial charge >= 0.3 is 0 Å². The molecule has 1 aliphatic heterocycles. The highest BCUT2D eigenvalue weighted by Crippen LogP contribution is 2.31. The fraction of sp³-hybridized carbons (Fsp3) is 0.667. The van der Waals surface area contributed by atoms with Gasteiger partial charge in [-0.1, -0.05) is 11.6 Å². The molecule has 1 amide bonds. The molecule has 1 saturated heterocycles. The molecule has 1 aliphatic carbocycles. The number of morpholine rings is 1. The zero-order chi connectivity index (χ0) is 17.8. The van der Waals surface area contributed by atoms with Crippen LogP contribution >= 0.6 is 11.6 Å². The van der Waals surface area contributed by atoms with E-state index in [4.69, 9.17) is 21.1 Å². The van der Waals surface area contributed by atoms with Gasteiger partial charge in [0.05, 0.1) is 29.9 Å². The Morgan fingerprint density at radius 2 is 2.00 bits per heavy atom. The Bertz CT molecular complexity index is 599. The number of halogens is 1. The van der Waals surface area contributed by atoms with Gasteiger partial charge in [0.2, 0.25) is 0 Å². The van der Waals surface area contributed by atoms with Crippen LogP contribution in [-0.4, -0.2) is 68.4 Å². The molecule has 2 fully saturated rings. The number of aromatic nitrogens is 1. The molecule has 2 aliphatic rings. The quantitative estimate of drug-likeness (QED) is 0.818.